The van der Waals surface area contributed by atoms with Gasteiger partial charge < -0.3 is 20.1 Å². The summed E-state index contributed by atoms with van der Waals surface area (Å²) < 4.78 is 10.5. The van der Waals surface area contributed by atoms with Crippen LogP contribution in [0.15, 0.2) is 12.1 Å². The average molecular weight is 278 g/mol. The van der Waals surface area contributed by atoms with Crippen molar-refractivity contribution in [2.24, 2.45) is 5.73 Å². The summed E-state index contributed by atoms with van der Waals surface area (Å²) in [4.78, 5) is 13.7. The van der Waals surface area contributed by atoms with Crippen molar-refractivity contribution in [2.45, 2.75) is 39.4 Å². The first-order chi connectivity index (χ1) is 9.60. The van der Waals surface area contributed by atoms with E-state index in [1.54, 1.807) is 12.0 Å². The summed E-state index contributed by atoms with van der Waals surface area (Å²) in [6.45, 7) is 5.25. The van der Waals surface area contributed by atoms with E-state index in [0.717, 1.165) is 23.3 Å². The highest BCUT2D eigenvalue weighted by Crippen LogP contribution is 2.30. The molecule has 5 nitrogen and oxygen atoms in total. The quantitative estimate of drug-likeness (QED) is 0.919. The number of carbonyl (C=O) groups is 1. The van der Waals surface area contributed by atoms with Crippen molar-refractivity contribution in [3.63, 3.8) is 0 Å². The minimum Gasteiger partial charge on any atom is -0.496 e. The van der Waals surface area contributed by atoms with Crippen LogP contribution >= 0.6 is 0 Å². The summed E-state index contributed by atoms with van der Waals surface area (Å²) in [5, 5.41) is 0. The molecule has 0 fully saturated rings. The predicted octanol–water partition coefficient (Wildman–Crippen LogP) is 2.06. The van der Waals surface area contributed by atoms with Gasteiger partial charge >= 0.3 is 6.09 Å². The highest BCUT2D eigenvalue weighted by molar-refractivity contribution is 5.68. The molecule has 0 saturated carbocycles. The maximum absolute atomic E-state index is 11.9. The molecule has 0 bridgehead atoms. The lowest BCUT2D eigenvalue weighted by Crippen LogP contribution is -2.43. The van der Waals surface area contributed by atoms with Crippen molar-refractivity contribution in [1.29, 1.82) is 0 Å². The van der Waals surface area contributed by atoms with Crippen LogP contribution < -0.4 is 10.5 Å². The van der Waals surface area contributed by atoms with E-state index in [1.807, 2.05) is 19.9 Å². The van der Waals surface area contributed by atoms with E-state index in [-0.39, 0.29) is 12.1 Å². The monoisotopic (exact) mass is 278 g/mol. The lowest BCUT2D eigenvalue weighted by atomic mass is 9.93. The summed E-state index contributed by atoms with van der Waals surface area (Å²) in [6.07, 6.45) is 0.554. The second-order valence-electron chi connectivity index (χ2n) is 5.02. The molecule has 20 heavy (non-hydrogen) atoms. The first-order valence-electron chi connectivity index (χ1n) is 6.92. The Bertz CT molecular complexity index is 502. The van der Waals surface area contributed by atoms with Gasteiger partial charge in [0.15, 0.2) is 0 Å². The highest BCUT2D eigenvalue weighted by atomic mass is 16.6. The molecule has 0 saturated heterocycles. The van der Waals surface area contributed by atoms with Gasteiger partial charge in [-0.05, 0) is 37.5 Å². The van der Waals surface area contributed by atoms with Crippen molar-refractivity contribution in [2.75, 3.05) is 13.7 Å². The zero-order chi connectivity index (χ0) is 14.7. The van der Waals surface area contributed by atoms with Gasteiger partial charge in [0.2, 0.25) is 0 Å². The molecule has 1 aliphatic rings. The number of amides is 1. The molecule has 0 aliphatic carbocycles. The maximum Gasteiger partial charge on any atom is 0.410 e. The first kappa shape index (κ1) is 14.7. The summed E-state index contributed by atoms with van der Waals surface area (Å²) >= 11 is 0. The molecule has 0 radical (unpaired) electrons. The lowest BCUT2D eigenvalue weighted by Gasteiger charge is -2.34. The zero-order valence-corrected chi connectivity index (χ0v) is 12.3. The van der Waals surface area contributed by atoms with Crippen LogP contribution in [0.5, 0.6) is 5.75 Å². The smallest absolute Gasteiger partial charge is 0.410 e. The molecule has 1 atom stereocenters. The molecule has 1 aromatic rings. The number of carbonyl (C=O) groups excluding carboxylic acids is 1. The Hall–Kier alpha value is -1.75. The highest BCUT2D eigenvalue weighted by Gasteiger charge is 2.28. The lowest BCUT2D eigenvalue weighted by molar-refractivity contribution is 0.0861. The molecule has 2 rings (SSSR count). The molecule has 1 aliphatic heterocycles. The Morgan fingerprint density at radius 3 is 2.80 bits per heavy atom. The normalized spacial score (nSPS) is 17.6. The molecule has 0 aromatic heterocycles. The zero-order valence-electron chi connectivity index (χ0n) is 12.3. The van der Waals surface area contributed by atoms with Crippen molar-refractivity contribution in [1.82, 2.24) is 4.90 Å². The Balaban J connectivity index is 2.30. The van der Waals surface area contributed by atoms with Crippen LogP contribution in [0.1, 0.15) is 30.5 Å². The second kappa shape index (κ2) is 6.13. The molecule has 0 spiro atoms. The molecule has 1 unspecified atom stereocenters. The van der Waals surface area contributed by atoms with Crippen molar-refractivity contribution in [3.8, 4) is 5.75 Å². The van der Waals surface area contributed by atoms with E-state index >= 15 is 0 Å². The standard InChI is InChI=1S/C15H22N2O3/c1-4-20-15(18)17-9-13-7-14(19-3)12(8-16)6-11(13)5-10(17)2/h6-7,10H,4-5,8-9,16H2,1-3H3. The fraction of sp³-hybridized carbons (Fsp3) is 0.533. The van der Waals surface area contributed by atoms with Crippen LogP contribution in [0.4, 0.5) is 4.79 Å². The summed E-state index contributed by atoms with van der Waals surface area (Å²) in [6, 6.07) is 4.20. The number of benzene rings is 1. The van der Waals surface area contributed by atoms with Gasteiger partial charge in [-0.25, -0.2) is 4.79 Å². The van der Waals surface area contributed by atoms with E-state index in [2.05, 4.69) is 6.07 Å². The number of methoxy groups -OCH3 is 1. The molecule has 2 N–H and O–H groups in total. The number of hydrogen-bond acceptors (Lipinski definition) is 4. The van der Waals surface area contributed by atoms with Crippen molar-refractivity contribution < 1.29 is 14.3 Å². The number of nitrogens with two attached hydrogens (primary N) is 1. The van der Waals surface area contributed by atoms with E-state index in [4.69, 9.17) is 15.2 Å². The van der Waals surface area contributed by atoms with E-state index in [1.165, 1.54) is 5.56 Å². The number of rotatable bonds is 3. The third kappa shape index (κ3) is 2.72. The van der Waals surface area contributed by atoms with Crippen LogP contribution in [0.3, 0.4) is 0 Å². The van der Waals surface area contributed by atoms with Crippen LogP contribution in [0, 0.1) is 0 Å². The topological polar surface area (TPSA) is 64.8 Å². The first-order valence-corrected chi connectivity index (χ1v) is 6.92. The van der Waals surface area contributed by atoms with Crippen molar-refractivity contribution in [3.05, 3.63) is 28.8 Å². The maximum atomic E-state index is 11.9. The largest absolute Gasteiger partial charge is 0.496 e. The van der Waals surface area contributed by atoms with Gasteiger partial charge in [0, 0.05) is 24.7 Å². The summed E-state index contributed by atoms with van der Waals surface area (Å²) in [5.41, 5.74) is 9.08. The predicted molar refractivity (Wildman–Crippen MR) is 76.6 cm³/mol. The van der Waals surface area contributed by atoms with Gasteiger partial charge in [-0.3, -0.25) is 0 Å². The minimum atomic E-state index is -0.257. The molecule has 5 heteroatoms. The van der Waals surface area contributed by atoms with Gasteiger partial charge in [0.1, 0.15) is 5.75 Å². The van der Waals surface area contributed by atoms with Gasteiger partial charge in [-0.1, -0.05) is 6.07 Å². The van der Waals surface area contributed by atoms with Crippen LogP contribution in [-0.4, -0.2) is 30.8 Å². The molecular formula is C15H22N2O3. The van der Waals surface area contributed by atoms with Gasteiger partial charge in [0.25, 0.3) is 0 Å². The van der Waals surface area contributed by atoms with Crippen molar-refractivity contribution >= 4 is 6.09 Å². The third-order valence-corrected chi connectivity index (χ3v) is 3.71. The fourth-order valence-corrected chi connectivity index (χ4v) is 2.62. The molecule has 1 aromatic carbocycles. The van der Waals surface area contributed by atoms with Crippen LogP contribution in [-0.2, 0) is 24.2 Å². The Morgan fingerprint density at radius 2 is 2.20 bits per heavy atom. The molecular weight excluding hydrogens is 256 g/mol. The van der Waals surface area contributed by atoms with Crippen LogP contribution in [0.2, 0.25) is 0 Å². The van der Waals surface area contributed by atoms with Crippen LogP contribution in [0.25, 0.3) is 0 Å². The molecule has 110 valence electrons. The molecule has 1 amide bonds. The third-order valence-electron chi connectivity index (χ3n) is 3.71. The van der Waals surface area contributed by atoms with Gasteiger partial charge in [0.05, 0.1) is 13.7 Å². The fourth-order valence-electron chi connectivity index (χ4n) is 2.62. The molecule has 1 heterocycles. The average Bonchev–Trinajstić information content (AvgIpc) is 2.45. The second-order valence-corrected chi connectivity index (χ2v) is 5.02. The number of hydrogen-bond donors (Lipinski definition) is 1. The number of fused-ring (bicyclic) bond motifs is 1. The van der Waals surface area contributed by atoms with E-state index < -0.39 is 0 Å². The Kier molecular flexibility index (Phi) is 4.49. The number of ether oxygens (including phenoxy) is 2. The van der Waals surface area contributed by atoms with E-state index in [9.17, 15) is 4.79 Å². The van der Waals surface area contributed by atoms with Gasteiger partial charge in [-0.2, -0.15) is 0 Å². The summed E-state index contributed by atoms with van der Waals surface area (Å²) in [5.74, 6) is 0.782. The Labute approximate surface area is 119 Å². The minimum absolute atomic E-state index is 0.126. The van der Waals surface area contributed by atoms with Gasteiger partial charge in [-0.15, -0.1) is 0 Å². The van der Waals surface area contributed by atoms with E-state index in [0.29, 0.717) is 19.7 Å². The number of nitrogens with zero attached hydrogens (tertiary/aromatic N) is 1. The Morgan fingerprint density at radius 1 is 1.45 bits per heavy atom. The summed E-state index contributed by atoms with van der Waals surface area (Å²) in [7, 11) is 1.63. The SMILES string of the molecule is CCOC(=O)N1Cc2cc(OC)c(CN)cc2CC1C.